The van der Waals surface area contributed by atoms with Gasteiger partial charge in [-0.3, -0.25) is 0 Å². The van der Waals surface area contributed by atoms with Crippen molar-refractivity contribution in [3.8, 4) is 0 Å². The molecule has 2 nitrogen and oxygen atoms in total. The highest BCUT2D eigenvalue weighted by molar-refractivity contribution is 5.08. The van der Waals surface area contributed by atoms with Crippen LogP contribution in [0.1, 0.15) is 50.9 Å². The number of hydrogen-bond donors (Lipinski definition) is 0. The summed E-state index contributed by atoms with van der Waals surface area (Å²) < 4.78 is 2.30. The van der Waals surface area contributed by atoms with Gasteiger partial charge in [0.2, 0.25) is 0 Å². The van der Waals surface area contributed by atoms with Crippen molar-refractivity contribution in [2.45, 2.75) is 59.9 Å². The fourth-order valence-corrected chi connectivity index (χ4v) is 1.92. The summed E-state index contributed by atoms with van der Waals surface area (Å²) in [4.78, 5) is 4.35. The van der Waals surface area contributed by atoms with Crippen LogP contribution < -0.4 is 0 Å². The van der Waals surface area contributed by atoms with Gasteiger partial charge in [-0.2, -0.15) is 0 Å². The molecule has 1 aromatic heterocycles. The second kappa shape index (κ2) is 5.94. The van der Waals surface area contributed by atoms with E-state index >= 15 is 0 Å². The molecule has 0 aliphatic rings. The molecule has 2 heteroatoms. The Balaban J connectivity index is 2.54. The van der Waals surface area contributed by atoms with Crippen LogP contribution in [0.5, 0.6) is 0 Å². The minimum atomic E-state index is 0.817. The van der Waals surface area contributed by atoms with Crippen molar-refractivity contribution >= 4 is 0 Å². The number of imidazole rings is 1. The van der Waals surface area contributed by atoms with Crippen molar-refractivity contribution in [2.24, 2.45) is 5.92 Å². The van der Waals surface area contributed by atoms with Crippen molar-refractivity contribution in [3.63, 3.8) is 0 Å². The standard InChI is InChI=1S/C13H24N2/c1-5-7-8-13(6-2)9-15-10-14-11(3)12(15)4/h10,13H,5-9H2,1-4H3. The summed E-state index contributed by atoms with van der Waals surface area (Å²) in [7, 11) is 0. The first-order valence-corrected chi connectivity index (χ1v) is 6.17. The van der Waals surface area contributed by atoms with Crippen molar-refractivity contribution in [1.29, 1.82) is 0 Å². The molecule has 0 aliphatic carbocycles. The second-order valence-corrected chi connectivity index (χ2v) is 4.48. The molecule has 0 radical (unpaired) electrons. The zero-order chi connectivity index (χ0) is 11.3. The molecule has 0 fully saturated rings. The Morgan fingerprint density at radius 3 is 2.53 bits per heavy atom. The molecule has 1 aromatic rings. The number of aromatic nitrogens is 2. The van der Waals surface area contributed by atoms with Crippen LogP contribution in [0.15, 0.2) is 6.33 Å². The lowest BCUT2D eigenvalue weighted by molar-refractivity contribution is 0.387. The molecule has 0 spiro atoms. The molecule has 0 amide bonds. The van der Waals surface area contributed by atoms with Crippen LogP contribution in [-0.4, -0.2) is 9.55 Å². The zero-order valence-corrected chi connectivity index (χ0v) is 10.6. The Morgan fingerprint density at radius 2 is 2.07 bits per heavy atom. The first-order chi connectivity index (χ1) is 7.19. The molecule has 1 rings (SSSR count). The highest BCUT2D eigenvalue weighted by Gasteiger charge is 2.09. The Morgan fingerprint density at radius 1 is 1.33 bits per heavy atom. The van der Waals surface area contributed by atoms with Gasteiger partial charge in [0.1, 0.15) is 0 Å². The topological polar surface area (TPSA) is 17.8 Å². The monoisotopic (exact) mass is 208 g/mol. The van der Waals surface area contributed by atoms with E-state index in [9.17, 15) is 0 Å². The van der Waals surface area contributed by atoms with Crippen molar-refractivity contribution in [2.75, 3.05) is 0 Å². The van der Waals surface area contributed by atoms with Crippen LogP contribution in [0.25, 0.3) is 0 Å². The van der Waals surface area contributed by atoms with Crippen LogP contribution in [-0.2, 0) is 6.54 Å². The van der Waals surface area contributed by atoms with Crippen molar-refractivity contribution < 1.29 is 0 Å². The average Bonchev–Trinajstić information content (AvgIpc) is 2.55. The minimum Gasteiger partial charge on any atom is -0.334 e. The summed E-state index contributed by atoms with van der Waals surface area (Å²) >= 11 is 0. The fraction of sp³-hybridized carbons (Fsp3) is 0.769. The number of rotatable bonds is 6. The largest absolute Gasteiger partial charge is 0.334 e. The number of aryl methyl sites for hydroxylation is 1. The predicted octanol–water partition coefficient (Wildman–Crippen LogP) is 3.72. The molecule has 1 unspecified atom stereocenters. The van der Waals surface area contributed by atoms with Gasteiger partial charge in [-0.1, -0.05) is 33.1 Å². The molecular formula is C13H24N2. The summed E-state index contributed by atoms with van der Waals surface area (Å²) in [6.45, 7) is 9.94. The number of unbranched alkanes of at least 4 members (excludes halogenated alkanes) is 1. The molecule has 0 saturated carbocycles. The average molecular weight is 208 g/mol. The summed E-state index contributed by atoms with van der Waals surface area (Å²) in [6.07, 6.45) is 7.27. The third kappa shape index (κ3) is 3.37. The smallest absolute Gasteiger partial charge is 0.0951 e. The fourth-order valence-electron chi connectivity index (χ4n) is 1.92. The molecule has 0 bridgehead atoms. The Labute approximate surface area is 93.7 Å². The normalized spacial score (nSPS) is 13.1. The van der Waals surface area contributed by atoms with E-state index in [1.54, 1.807) is 0 Å². The summed E-state index contributed by atoms with van der Waals surface area (Å²) in [6, 6.07) is 0. The van der Waals surface area contributed by atoms with E-state index in [1.165, 1.54) is 37.1 Å². The lowest BCUT2D eigenvalue weighted by Gasteiger charge is -2.16. The molecule has 1 heterocycles. The van der Waals surface area contributed by atoms with E-state index in [4.69, 9.17) is 0 Å². The van der Waals surface area contributed by atoms with Gasteiger partial charge in [-0.25, -0.2) is 4.98 Å². The third-order valence-corrected chi connectivity index (χ3v) is 3.34. The van der Waals surface area contributed by atoms with Gasteiger partial charge in [0.05, 0.1) is 12.0 Å². The van der Waals surface area contributed by atoms with Crippen LogP contribution in [0.4, 0.5) is 0 Å². The molecular weight excluding hydrogens is 184 g/mol. The van der Waals surface area contributed by atoms with Crippen molar-refractivity contribution in [1.82, 2.24) is 9.55 Å². The van der Waals surface area contributed by atoms with E-state index < -0.39 is 0 Å². The minimum absolute atomic E-state index is 0.817. The Hall–Kier alpha value is -0.790. The molecule has 0 aromatic carbocycles. The van der Waals surface area contributed by atoms with Crippen LogP contribution >= 0.6 is 0 Å². The SMILES string of the molecule is CCCCC(CC)Cn1cnc(C)c1C. The molecule has 0 aliphatic heterocycles. The first kappa shape index (κ1) is 12.3. The van der Waals surface area contributed by atoms with Gasteiger partial charge in [0, 0.05) is 12.2 Å². The third-order valence-electron chi connectivity index (χ3n) is 3.34. The van der Waals surface area contributed by atoms with Crippen LogP contribution in [0.2, 0.25) is 0 Å². The maximum atomic E-state index is 4.35. The van der Waals surface area contributed by atoms with E-state index in [0.29, 0.717) is 0 Å². The predicted molar refractivity (Wildman–Crippen MR) is 65.0 cm³/mol. The van der Waals surface area contributed by atoms with E-state index in [1.807, 2.05) is 6.33 Å². The maximum Gasteiger partial charge on any atom is 0.0951 e. The first-order valence-electron chi connectivity index (χ1n) is 6.17. The zero-order valence-electron chi connectivity index (χ0n) is 10.6. The van der Waals surface area contributed by atoms with Crippen molar-refractivity contribution in [3.05, 3.63) is 17.7 Å². The van der Waals surface area contributed by atoms with E-state index in [2.05, 4.69) is 37.2 Å². The molecule has 1 atom stereocenters. The number of hydrogen-bond acceptors (Lipinski definition) is 1. The molecule has 15 heavy (non-hydrogen) atoms. The highest BCUT2D eigenvalue weighted by atomic mass is 15.1. The van der Waals surface area contributed by atoms with Crippen LogP contribution in [0, 0.1) is 19.8 Å². The highest BCUT2D eigenvalue weighted by Crippen LogP contribution is 2.16. The number of nitrogens with zero attached hydrogens (tertiary/aromatic N) is 2. The van der Waals surface area contributed by atoms with Gasteiger partial charge in [-0.05, 0) is 26.2 Å². The molecule has 0 N–H and O–H groups in total. The Kier molecular flexibility index (Phi) is 4.86. The van der Waals surface area contributed by atoms with Gasteiger partial charge in [0.25, 0.3) is 0 Å². The molecule has 0 saturated heterocycles. The molecule has 86 valence electrons. The summed E-state index contributed by atoms with van der Waals surface area (Å²) in [5, 5.41) is 0. The van der Waals surface area contributed by atoms with E-state index in [0.717, 1.165) is 12.5 Å². The lowest BCUT2D eigenvalue weighted by Crippen LogP contribution is -2.10. The summed E-state index contributed by atoms with van der Waals surface area (Å²) in [5.74, 6) is 0.817. The van der Waals surface area contributed by atoms with Crippen LogP contribution in [0.3, 0.4) is 0 Å². The Bertz CT molecular complexity index is 289. The van der Waals surface area contributed by atoms with Gasteiger partial charge >= 0.3 is 0 Å². The second-order valence-electron chi connectivity index (χ2n) is 4.48. The quantitative estimate of drug-likeness (QED) is 0.696. The lowest BCUT2D eigenvalue weighted by atomic mass is 9.99. The summed E-state index contributed by atoms with van der Waals surface area (Å²) in [5.41, 5.74) is 2.49. The van der Waals surface area contributed by atoms with Gasteiger partial charge in [-0.15, -0.1) is 0 Å². The van der Waals surface area contributed by atoms with E-state index in [-0.39, 0.29) is 0 Å². The van der Waals surface area contributed by atoms with Gasteiger partial charge < -0.3 is 4.57 Å². The maximum absolute atomic E-state index is 4.35. The van der Waals surface area contributed by atoms with Gasteiger partial charge in [0.15, 0.2) is 0 Å².